The van der Waals surface area contributed by atoms with Crippen LogP contribution in [-0.4, -0.2) is 23.6 Å². The quantitative estimate of drug-likeness (QED) is 0.456. The summed E-state index contributed by atoms with van der Waals surface area (Å²) in [6.45, 7) is 0. The molecule has 4 amide bonds. The van der Waals surface area contributed by atoms with Gasteiger partial charge in [0, 0.05) is 54.6 Å². The van der Waals surface area contributed by atoms with Gasteiger partial charge in [0.25, 0.3) is 23.6 Å². The van der Waals surface area contributed by atoms with Crippen molar-refractivity contribution in [2.75, 3.05) is 9.80 Å². The first-order valence-corrected chi connectivity index (χ1v) is 10.6. The molecule has 37 heavy (non-hydrogen) atoms. The van der Waals surface area contributed by atoms with Crippen molar-refractivity contribution in [2.45, 2.75) is 0 Å². The Bertz CT molecular complexity index is 1530. The summed E-state index contributed by atoms with van der Waals surface area (Å²) >= 11 is 0. The van der Waals surface area contributed by atoms with Crippen molar-refractivity contribution >= 4 is 35.0 Å². The molecule has 0 aliphatic carbocycles. The third-order valence-corrected chi connectivity index (χ3v) is 5.21. The molecule has 0 aromatic heterocycles. The number of carbonyl (C=O) groups is 4. The molecular weight excluding hydrogens is 493 g/mol. The highest BCUT2D eigenvalue weighted by Gasteiger charge is 2.27. The largest absolute Gasteiger partial charge is 0.457 e. The van der Waals surface area contributed by atoms with E-state index in [2.05, 4.69) is 0 Å². The molecule has 3 aromatic carbocycles. The summed E-state index contributed by atoms with van der Waals surface area (Å²) < 4.78 is 53.9. The van der Waals surface area contributed by atoms with Crippen LogP contribution in [0.3, 0.4) is 0 Å². The number of imide groups is 2. The van der Waals surface area contributed by atoms with E-state index in [1.165, 1.54) is 24.3 Å². The number of amides is 4. The topological polar surface area (TPSA) is 93.2 Å². The first-order valence-electron chi connectivity index (χ1n) is 10.6. The minimum absolute atomic E-state index is 0.0671. The van der Waals surface area contributed by atoms with Crippen LogP contribution in [0.15, 0.2) is 78.9 Å². The molecule has 0 spiro atoms. The fourth-order valence-corrected chi connectivity index (χ4v) is 3.67. The Balaban J connectivity index is 1.36. The van der Waals surface area contributed by atoms with Gasteiger partial charge in [0.05, 0.1) is 11.4 Å². The van der Waals surface area contributed by atoms with Gasteiger partial charge in [-0.25, -0.2) is 23.0 Å². The molecule has 8 nitrogen and oxygen atoms in total. The van der Waals surface area contributed by atoms with Crippen LogP contribution < -0.4 is 19.3 Å². The number of nitrogens with zero attached hydrogens (tertiary/aromatic N) is 2. The van der Waals surface area contributed by atoms with Gasteiger partial charge in [0.2, 0.25) is 0 Å². The summed E-state index contributed by atoms with van der Waals surface area (Å²) in [7, 11) is 0. The van der Waals surface area contributed by atoms with E-state index < -0.39 is 41.1 Å². The van der Waals surface area contributed by atoms with Crippen molar-refractivity contribution in [1.29, 1.82) is 0 Å². The van der Waals surface area contributed by atoms with Crippen LogP contribution in [0.5, 0.6) is 23.0 Å². The number of benzene rings is 3. The Morgan fingerprint density at radius 2 is 0.973 bits per heavy atom. The van der Waals surface area contributed by atoms with E-state index in [0.29, 0.717) is 0 Å². The number of ether oxygens (including phenoxy) is 2. The summed E-state index contributed by atoms with van der Waals surface area (Å²) in [5, 5.41) is 0. The molecule has 0 unspecified atom stereocenters. The number of hydrogen-bond acceptors (Lipinski definition) is 6. The van der Waals surface area contributed by atoms with Gasteiger partial charge in [-0.3, -0.25) is 19.2 Å². The van der Waals surface area contributed by atoms with Gasteiger partial charge in [-0.2, -0.15) is 0 Å². The number of halogens is 3. The van der Waals surface area contributed by atoms with Gasteiger partial charge >= 0.3 is 0 Å². The maximum atomic E-state index is 14.8. The van der Waals surface area contributed by atoms with Crippen LogP contribution in [0, 0.1) is 17.5 Å². The van der Waals surface area contributed by atoms with E-state index in [-0.39, 0.29) is 34.4 Å². The fraction of sp³-hybridized carbons (Fsp3) is 0. The van der Waals surface area contributed by atoms with Gasteiger partial charge in [-0.1, -0.05) is 0 Å². The van der Waals surface area contributed by atoms with Crippen LogP contribution in [0.1, 0.15) is 0 Å². The lowest BCUT2D eigenvalue weighted by atomic mass is 10.2. The second-order valence-corrected chi connectivity index (χ2v) is 7.78. The maximum absolute atomic E-state index is 14.8. The van der Waals surface area contributed by atoms with E-state index in [9.17, 15) is 32.3 Å². The molecule has 0 fully saturated rings. The van der Waals surface area contributed by atoms with Gasteiger partial charge in [0.1, 0.15) is 28.9 Å². The zero-order chi connectivity index (χ0) is 26.3. The lowest BCUT2D eigenvalue weighted by molar-refractivity contribution is -0.121. The Kier molecular flexibility index (Phi) is 5.80. The molecule has 0 N–H and O–H groups in total. The van der Waals surface area contributed by atoms with Crippen molar-refractivity contribution in [2.24, 2.45) is 0 Å². The second kappa shape index (κ2) is 9.11. The van der Waals surface area contributed by atoms with Crippen LogP contribution >= 0.6 is 0 Å². The lowest BCUT2D eigenvalue weighted by Gasteiger charge is -2.16. The molecule has 0 saturated carbocycles. The van der Waals surface area contributed by atoms with Gasteiger partial charge in [-0.05, 0) is 24.3 Å². The predicted octanol–water partition coefficient (Wildman–Crippen LogP) is 4.55. The lowest BCUT2D eigenvalue weighted by Crippen LogP contribution is -2.29. The molecule has 0 saturated heterocycles. The van der Waals surface area contributed by atoms with Crippen LogP contribution in [0.25, 0.3) is 0 Å². The standard InChI is InChI=1S/C26H13F3N2O6/c27-14-7-16(30-23(32)3-4-24(30)33)11-19(9-14)36-18-1-2-22(21(29)13-18)37-20-10-15(28)8-17(12-20)31-25(34)5-6-26(31)35/h1-13H. The molecule has 5 rings (SSSR count). The van der Waals surface area contributed by atoms with Crippen molar-refractivity contribution < 1.29 is 41.8 Å². The fourth-order valence-electron chi connectivity index (χ4n) is 3.67. The minimum atomic E-state index is -0.927. The van der Waals surface area contributed by atoms with E-state index in [0.717, 1.165) is 64.4 Å². The number of anilines is 2. The first kappa shape index (κ1) is 23.5. The summed E-state index contributed by atoms with van der Waals surface area (Å²) in [4.78, 5) is 49.0. The summed E-state index contributed by atoms with van der Waals surface area (Å²) in [5.74, 6) is -5.87. The summed E-state index contributed by atoms with van der Waals surface area (Å²) in [5.41, 5.74) is -0.162. The molecular formula is C26H13F3N2O6. The molecule has 0 radical (unpaired) electrons. The van der Waals surface area contributed by atoms with Crippen molar-refractivity contribution in [3.8, 4) is 23.0 Å². The molecule has 3 aromatic rings. The van der Waals surface area contributed by atoms with Gasteiger partial charge < -0.3 is 9.47 Å². The number of rotatable bonds is 6. The van der Waals surface area contributed by atoms with Crippen LogP contribution in [-0.2, 0) is 19.2 Å². The highest BCUT2D eigenvalue weighted by molar-refractivity contribution is 6.28. The summed E-state index contributed by atoms with van der Waals surface area (Å²) in [6, 6.07) is 9.65. The molecule has 2 aliphatic rings. The monoisotopic (exact) mass is 506 g/mol. The van der Waals surface area contributed by atoms with E-state index in [1.54, 1.807) is 0 Å². The highest BCUT2D eigenvalue weighted by atomic mass is 19.1. The Labute approximate surface area is 206 Å². The van der Waals surface area contributed by atoms with E-state index in [1.807, 2.05) is 0 Å². The first-order chi connectivity index (χ1) is 17.7. The van der Waals surface area contributed by atoms with Gasteiger partial charge in [0.15, 0.2) is 11.6 Å². The van der Waals surface area contributed by atoms with Crippen LogP contribution in [0.4, 0.5) is 24.5 Å². The Hall–Kier alpha value is -5.19. The summed E-state index contributed by atoms with van der Waals surface area (Å²) in [6.07, 6.45) is 4.15. The highest BCUT2D eigenvalue weighted by Crippen LogP contribution is 2.34. The molecule has 184 valence electrons. The minimum Gasteiger partial charge on any atom is -0.457 e. The third-order valence-electron chi connectivity index (χ3n) is 5.21. The SMILES string of the molecule is O=C1C=CC(=O)N1c1cc(F)cc(Oc2ccc(Oc3cc(F)cc(N4C(=O)C=CC4=O)c3)c(F)c2)c1. The third kappa shape index (κ3) is 4.69. The normalized spacial score (nSPS) is 14.8. The average molecular weight is 506 g/mol. The number of carbonyl (C=O) groups excluding carboxylic acids is 4. The molecule has 11 heteroatoms. The Morgan fingerprint density at radius 3 is 1.43 bits per heavy atom. The number of hydrogen-bond donors (Lipinski definition) is 0. The molecule has 2 aliphatic heterocycles. The van der Waals surface area contributed by atoms with Crippen molar-refractivity contribution in [3.05, 3.63) is 96.4 Å². The second-order valence-electron chi connectivity index (χ2n) is 7.78. The average Bonchev–Trinajstić information content (AvgIpc) is 3.34. The zero-order valence-electron chi connectivity index (χ0n) is 18.5. The molecule has 2 heterocycles. The predicted molar refractivity (Wildman–Crippen MR) is 123 cm³/mol. The van der Waals surface area contributed by atoms with E-state index >= 15 is 0 Å². The van der Waals surface area contributed by atoms with Gasteiger partial charge in [-0.15, -0.1) is 0 Å². The zero-order valence-corrected chi connectivity index (χ0v) is 18.5. The Morgan fingerprint density at radius 1 is 0.514 bits per heavy atom. The maximum Gasteiger partial charge on any atom is 0.258 e. The van der Waals surface area contributed by atoms with Crippen molar-refractivity contribution in [3.63, 3.8) is 0 Å². The molecule has 0 bridgehead atoms. The smallest absolute Gasteiger partial charge is 0.258 e. The van der Waals surface area contributed by atoms with Crippen LogP contribution in [0.2, 0.25) is 0 Å². The van der Waals surface area contributed by atoms with Crippen molar-refractivity contribution in [1.82, 2.24) is 0 Å². The van der Waals surface area contributed by atoms with E-state index in [4.69, 9.17) is 9.47 Å². The molecule has 0 atom stereocenters.